The van der Waals surface area contributed by atoms with Crippen LogP contribution in [0.25, 0.3) is 0 Å². The van der Waals surface area contributed by atoms with E-state index in [4.69, 9.17) is 4.74 Å². The number of allylic oxidation sites excluding steroid dienone is 2. The summed E-state index contributed by atoms with van der Waals surface area (Å²) in [7, 11) is 0. The molecular weight excluding hydrogens is 290 g/mol. The number of ether oxygens (including phenoxy) is 1. The van der Waals surface area contributed by atoms with Gasteiger partial charge in [0.05, 0.1) is 5.76 Å². The molecule has 0 aromatic rings. The quantitative estimate of drug-likeness (QED) is 0.603. The fraction of sp³-hybridized carbons (Fsp3) is 0.611. The minimum atomic E-state index is 0. The van der Waals surface area contributed by atoms with Crippen molar-refractivity contribution in [2.24, 2.45) is 5.92 Å². The number of hydrazine groups is 1. The molecule has 0 radical (unpaired) electrons. The van der Waals surface area contributed by atoms with E-state index in [0.717, 1.165) is 51.2 Å². The first-order valence-electron chi connectivity index (χ1n) is 8.48. The van der Waals surface area contributed by atoms with Gasteiger partial charge in [0.1, 0.15) is 6.61 Å². The fourth-order valence-electron chi connectivity index (χ4n) is 2.98. The predicted molar refractivity (Wildman–Crippen MR) is 94.4 cm³/mol. The zero-order valence-electron chi connectivity index (χ0n) is 14.4. The average Bonchev–Trinajstić information content (AvgIpc) is 2.60. The van der Waals surface area contributed by atoms with E-state index in [9.17, 15) is 4.79 Å². The van der Waals surface area contributed by atoms with Gasteiger partial charge in [-0.15, -0.1) is 0 Å². The Morgan fingerprint density at radius 3 is 2.78 bits per heavy atom. The summed E-state index contributed by atoms with van der Waals surface area (Å²) in [5.74, 6) is 1.42. The molecule has 0 spiro atoms. The Labute approximate surface area is 141 Å². The summed E-state index contributed by atoms with van der Waals surface area (Å²) in [6.45, 7) is 11.6. The zero-order valence-corrected chi connectivity index (χ0v) is 14.4. The van der Waals surface area contributed by atoms with Crippen molar-refractivity contribution in [3.8, 4) is 0 Å². The molecule has 130 valence electrons. The molecule has 0 aromatic carbocycles. The van der Waals surface area contributed by atoms with Crippen molar-refractivity contribution >= 4 is 5.91 Å². The number of hydrogen-bond acceptors (Lipinski definition) is 4. The van der Waals surface area contributed by atoms with Crippen LogP contribution >= 0.6 is 0 Å². The van der Waals surface area contributed by atoms with Crippen molar-refractivity contribution in [1.29, 1.82) is 0 Å². The van der Waals surface area contributed by atoms with Gasteiger partial charge in [-0.25, -0.2) is 5.01 Å². The Morgan fingerprint density at radius 1 is 1.48 bits per heavy atom. The minimum Gasteiger partial charge on any atom is -0.494 e. The van der Waals surface area contributed by atoms with E-state index in [1.807, 2.05) is 24.8 Å². The van der Waals surface area contributed by atoms with Crippen LogP contribution < -0.4 is 5.43 Å². The van der Waals surface area contributed by atoms with Gasteiger partial charge in [-0.1, -0.05) is 12.7 Å². The lowest BCUT2D eigenvalue weighted by Crippen LogP contribution is -2.46. The van der Waals surface area contributed by atoms with Crippen LogP contribution in [-0.4, -0.2) is 48.6 Å². The fourth-order valence-corrected chi connectivity index (χ4v) is 2.98. The molecule has 0 saturated carbocycles. The first-order chi connectivity index (χ1) is 11.1. The predicted octanol–water partition coefficient (Wildman–Crippen LogP) is 2.69. The van der Waals surface area contributed by atoms with Crippen molar-refractivity contribution in [2.75, 3.05) is 32.8 Å². The SMILES string of the molecule is C=CNN1CCC(C(=O)N2CC=C(COC(C)=CC)CC2)CC1.[HH]. The Balaban J connectivity index is 0.00000288. The van der Waals surface area contributed by atoms with E-state index in [1.165, 1.54) is 5.57 Å². The van der Waals surface area contributed by atoms with E-state index >= 15 is 0 Å². The molecule has 1 fully saturated rings. The largest absolute Gasteiger partial charge is 0.494 e. The zero-order chi connectivity index (χ0) is 16.7. The third-order valence-corrected chi connectivity index (χ3v) is 4.62. The third-order valence-electron chi connectivity index (χ3n) is 4.62. The summed E-state index contributed by atoms with van der Waals surface area (Å²) in [5.41, 5.74) is 4.39. The highest BCUT2D eigenvalue weighted by atomic mass is 16.5. The van der Waals surface area contributed by atoms with Crippen molar-refractivity contribution in [1.82, 2.24) is 15.3 Å². The maximum atomic E-state index is 12.6. The standard InChI is InChI=1S/C18H29N3O2.H2/c1-4-15(3)23-14-16-6-10-20(11-7-16)18(22)17-8-12-21(13-9-17)19-5-2;/h4-6,17,19H,2,7-14H2,1,3H3;1H. The van der Waals surface area contributed by atoms with Crippen molar-refractivity contribution in [2.45, 2.75) is 33.1 Å². The second kappa shape index (κ2) is 8.77. The molecule has 0 aliphatic carbocycles. The summed E-state index contributed by atoms with van der Waals surface area (Å²) < 4.78 is 5.65. The van der Waals surface area contributed by atoms with Crippen LogP contribution in [0.5, 0.6) is 0 Å². The Bertz CT molecular complexity index is 483. The molecule has 2 rings (SSSR count). The highest BCUT2D eigenvalue weighted by molar-refractivity contribution is 5.79. The molecule has 1 amide bonds. The number of piperidine rings is 1. The Morgan fingerprint density at radius 2 is 2.22 bits per heavy atom. The molecule has 0 aromatic heterocycles. The number of nitrogens with one attached hydrogen (secondary N) is 1. The molecule has 5 nitrogen and oxygen atoms in total. The van der Waals surface area contributed by atoms with Gasteiger partial charge in [-0.05, 0) is 44.8 Å². The number of nitrogens with zero attached hydrogens (tertiary/aromatic N) is 2. The summed E-state index contributed by atoms with van der Waals surface area (Å²) in [5, 5.41) is 2.12. The Kier molecular flexibility index (Phi) is 6.71. The number of carbonyl (C=O) groups excluding carboxylic acids is 1. The lowest BCUT2D eigenvalue weighted by Gasteiger charge is -2.35. The first-order valence-corrected chi connectivity index (χ1v) is 8.48. The minimum absolute atomic E-state index is 0. The van der Waals surface area contributed by atoms with E-state index in [2.05, 4.69) is 23.1 Å². The second-order valence-electron chi connectivity index (χ2n) is 6.18. The first kappa shape index (κ1) is 17.6. The molecule has 1 saturated heterocycles. The number of amides is 1. The maximum Gasteiger partial charge on any atom is 0.226 e. The van der Waals surface area contributed by atoms with Crippen LogP contribution in [-0.2, 0) is 9.53 Å². The summed E-state index contributed by atoms with van der Waals surface area (Å²) in [6, 6.07) is 0. The van der Waals surface area contributed by atoms with Gasteiger partial charge in [0.15, 0.2) is 0 Å². The van der Waals surface area contributed by atoms with Gasteiger partial charge in [0.2, 0.25) is 5.91 Å². The average molecular weight is 321 g/mol. The van der Waals surface area contributed by atoms with Gasteiger partial charge in [-0.3, -0.25) is 4.79 Å². The van der Waals surface area contributed by atoms with Crippen LogP contribution in [0.4, 0.5) is 0 Å². The second-order valence-corrected chi connectivity index (χ2v) is 6.18. The summed E-state index contributed by atoms with van der Waals surface area (Å²) >= 11 is 0. The lowest BCUT2D eigenvalue weighted by atomic mass is 9.95. The van der Waals surface area contributed by atoms with E-state index in [-0.39, 0.29) is 7.34 Å². The lowest BCUT2D eigenvalue weighted by molar-refractivity contribution is -0.137. The molecule has 23 heavy (non-hydrogen) atoms. The molecule has 0 atom stereocenters. The van der Waals surface area contributed by atoms with E-state index in [1.54, 1.807) is 6.20 Å². The van der Waals surface area contributed by atoms with Gasteiger partial charge in [0.25, 0.3) is 0 Å². The monoisotopic (exact) mass is 321 g/mol. The van der Waals surface area contributed by atoms with Crippen molar-refractivity contribution < 1.29 is 11.0 Å². The van der Waals surface area contributed by atoms with Crippen LogP contribution in [0, 0.1) is 5.92 Å². The Hall–Kier alpha value is -1.75. The number of hydrogen-bond donors (Lipinski definition) is 1. The third kappa shape index (κ3) is 5.13. The molecule has 0 bridgehead atoms. The molecule has 5 heteroatoms. The van der Waals surface area contributed by atoms with Gasteiger partial charge < -0.3 is 15.1 Å². The highest BCUT2D eigenvalue weighted by Gasteiger charge is 2.29. The molecule has 2 aliphatic heterocycles. The molecule has 2 aliphatic rings. The maximum absolute atomic E-state index is 12.6. The van der Waals surface area contributed by atoms with Crippen LogP contribution in [0.3, 0.4) is 0 Å². The number of carbonyl (C=O) groups is 1. The smallest absolute Gasteiger partial charge is 0.226 e. The van der Waals surface area contributed by atoms with Crippen molar-refractivity contribution in [3.63, 3.8) is 0 Å². The highest BCUT2D eigenvalue weighted by Crippen LogP contribution is 2.21. The van der Waals surface area contributed by atoms with Crippen LogP contribution in [0.2, 0.25) is 0 Å². The normalized spacial score (nSPS) is 20.9. The van der Waals surface area contributed by atoms with Crippen LogP contribution in [0.15, 0.2) is 36.3 Å². The van der Waals surface area contributed by atoms with Gasteiger partial charge >= 0.3 is 0 Å². The van der Waals surface area contributed by atoms with Gasteiger partial charge in [-0.2, -0.15) is 0 Å². The summed E-state index contributed by atoms with van der Waals surface area (Å²) in [6.07, 6.45) is 8.55. The topological polar surface area (TPSA) is 44.8 Å². The molecular formula is C18H31N3O2. The number of rotatable bonds is 6. The van der Waals surface area contributed by atoms with E-state index in [0.29, 0.717) is 12.5 Å². The molecule has 0 unspecified atom stereocenters. The summed E-state index contributed by atoms with van der Waals surface area (Å²) in [4.78, 5) is 14.6. The molecule has 2 heterocycles. The molecule has 1 N–H and O–H groups in total. The van der Waals surface area contributed by atoms with E-state index < -0.39 is 0 Å². The van der Waals surface area contributed by atoms with Crippen LogP contribution in [0.1, 0.15) is 34.5 Å². The van der Waals surface area contributed by atoms with Crippen molar-refractivity contribution in [3.05, 3.63) is 36.3 Å². The van der Waals surface area contributed by atoms with Gasteiger partial charge in [0, 0.05) is 39.7 Å².